The molecule has 0 heterocycles. The Balaban J connectivity index is 3.90. The minimum absolute atomic E-state index is 0.148. The molecule has 0 radical (unpaired) electrons. The molecule has 0 aromatic heterocycles. The molecule has 0 fully saturated rings. The van der Waals surface area contributed by atoms with Crippen molar-refractivity contribution in [1.82, 2.24) is 4.90 Å². The maximum Gasteiger partial charge on any atom is 0.302 e. The number of hydrogen-bond donors (Lipinski definition) is 0. The van der Waals surface area contributed by atoms with E-state index in [9.17, 15) is 9.59 Å². The van der Waals surface area contributed by atoms with Crippen molar-refractivity contribution in [3.63, 3.8) is 0 Å². The van der Waals surface area contributed by atoms with Crippen molar-refractivity contribution in [3.8, 4) is 0 Å². The Morgan fingerprint density at radius 2 is 1.74 bits per heavy atom. The SMILES string of the molecule is CCCCN(CCCC(C)=CCOC(C)=O)C(C)=O. The van der Waals surface area contributed by atoms with Gasteiger partial charge in [0.1, 0.15) is 6.61 Å². The van der Waals surface area contributed by atoms with Crippen molar-refractivity contribution < 1.29 is 14.3 Å². The summed E-state index contributed by atoms with van der Waals surface area (Å²) in [5.74, 6) is -0.110. The second kappa shape index (κ2) is 10.6. The summed E-state index contributed by atoms with van der Waals surface area (Å²) in [6.07, 6.45) is 5.96. The lowest BCUT2D eigenvalue weighted by atomic mass is 10.1. The van der Waals surface area contributed by atoms with E-state index in [2.05, 4.69) is 6.92 Å². The first-order valence-electron chi connectivity index (χ1n) is 7.01. The van der Waals surface area contributed by atoms with Crippen LogP contribution in [-0.2, 0) is 14.3 Å². The van der Waals surface area contributed by atoms with Crippen LogP contribution in [0.3, 0.4) is 0 Å². The fraction of sp³-hybridized carbons (Fsp3) is 0.733. The van der Waals surface area contributed by atoms with Crippen LogP contribution in [0.15, 0.2) is 11.6 Å². The molecule has 0 atom stereocenters. The standard InChI is InChI=1S/C15H27NO3/c1-5-6-10-16(14(3)17)11-7-8-13(2)9-12-19-15(4)18/h9H,5-8,10-12H2,1-4H3. The highest BCUT2D eigenvalue weighted by atomic mass is 16.5. The fourth-order valence-electron chi connectivity index (χ4n) is 1.73. The molecular formula is C15H27NO3. The Morgan fingerprint density at radius 3 is 2.26 bits per heavy atom. The van der Waals surface area contributed by atoms with Crippen molar-refractivity contribution in [2.24, 2.45) is 0 Å². The van der Waals surface area contributed by atoms with Gasteiger partial charge in [-0.1, -0.05) is 18.9 Å². The van der Waals surface area contributed by atoms with Gasteiger partial charge in [0.05, 0.1) is 0 Å². The molecule has 0 aliphatic heterocycles. The molecule has 110 valence electrons. The van der Waals surface area contributed by atoms with Crippen LogP contribution >= 0.6 is 0 Å². The van der Waals surface area contributed by atoms with Crippen molar-refractivity contribution in [3.05, 3.63) is 11.6 Å². The number of hydrogen-bond acceptors (Lipinski definition) is 3. The lowest BCUT2D eigenvalue weighted by Gasteiger charge is -2.20. The predicted octanol–water partition coefficient (Wildman–Crippen LogP) is 2.92. The van der Waals surface area contributed by atoms with Crippen LogP contribution in [0.4, 0.5) is 0 Å². The van der Waals surface area contributed by atoms with Crippen molar-refractivity contribution in [2.45, 2.75) is 53.4 Å². The summed E-state index contributed by atoms with van der Waals surface area (Å²) in [4.78, 5) is 23.9. The van der Waals surface area contributed by atoms with Gasteiger partial charge in [0, 0.05) is 26.9 Å². The third-order valence-corrected chi connectivity index (χ3v) is 2.94. The largest absolute Gasteiger partial charge is 0.462 e. The molecule has 0 aromatic rings. The van der Waals surface area contributed by atoms with E-state index in [1.165, 1.54) is 12.5 Å². The fourth-order valence-corrected chi connectivity index (χ4v) is 1.73. The van der Waals surface area contributed by atoms with Crippen LogP contribution < -0.4 is 0 Å². The molecule has 0 bridgehead atoms. The van der Waals surface area contributed by atoms with Gasteiger partial charge in [-0.15, -0.1) is 0 Å². The monoisotopic (exact) mass is 269 g/mol. The summed E-state index contributed by atoms with van der Waals surface area (Å²) >= 11 is 0. The van der Waals surface area contributed by atoms with Crippen LogP contribution in [-0.4, -0.2) is 36.5 Å². The topological polar surface area (TPSA) is 46.6 Å². The Labute approximate surface area is 116 Å². The quantitative estimate of drug-likeness (QED) is 0.477. The molecule has 4 heteroatoms. The summed E-state index contributed by atoms with van der Waals surface area (Å²) in [7, 11) is 0. The van der Waals surface area contributed by atoms with Crippen molar-refractivity contribution in [1.29, 1.82) is 0 Å². The van der Waals surface area contributed by atoms with Gasteiger partial charge < -0.3 is 9.64 Å². The zero-order valence-corrected chi connectivity index (χ0v) is 12.7. The van der Waals surface area contributed by atoms with E-state index in [0.717, 1.165) is 38.8 Å². The van der Waals surface area contributed by atoms with Crippen LogP contribution in [0.25, 0.3) is 0 Å². The summed E-state index contributed by atoms with van der Waals surface area (Å²) in [6, 6.07) is 0. The molecule has 0 unspecified atom stereocenters. The van der Waals surface area contributed by atoms with Crippen molar-refractivity contribution >= 4 is 11.9 Å². The Morgan fingerprint density at radius 1 is 1.11 bits per heavy atom. The van der Waals surface area contributed by atoms with E-state index in [-0.39, 0.29) is 11.9 Å². The summed E-state index contributed by atoms with van der Waals surface area (Å²) in [5, 5.41) is 0. The van der Waals surface area contributed by atoms with Gasteiger partial charge in [-0.2, -0.15) is 0 Å². The van der Waals surface area contributed by atoms with Crippen LogP contribution in [0.5, 0.6) is 0 Å². The normalized spacial score (nSPS) is 11.3. The van der Waals surface area contributed by atoms with Crippen LogP contribution in [0, 0.1) is 0 Å². The van der Waals surface area contributed by atoms with E-state index < -0.39 is 0 Å². The Bertz CT molecular complexity index is 311. The smallest absolute Gasteiger partial charge is 0.302 e. The summed E-state index contributed by atoms with van der Waals surface area (Å²) in [5.41, 5.74) is 1.19. The minimum atomic E-state index is -0.258. The lowest BCUT2D eigenvalue weighted by molar-refractivity contribution is -0.139. The first-order chi connectivity index (χ1) is 8.97. The molecule has 0 saturated carbocycles. The number of carbonyl (C=O) groups excluding carboxylic acids is 2. The molecule has 0 spiro atoms. The summed E-state index contributed by atoms with van der Waals surface area (Å²) < 4.78 is 4.85. The number of ether oxygens (including phenoxy) is 1. The minimum Gasteiger partial charge on any atom is -0.462 e. The number of amides is 1. The van der Waals surface area contributed by atoms with Crippen LogP contribution in [0.1, 0.15) is 53.4 Å². The molecule has 1 amide bonds. The van der Waals surface area contributed by atoms with E-state index in [4.69, 9.17) is 4.74 Å². The van der Waals surface area contributed by atoms with Gasteiger partial charge >= 0.3 is 5.97 Å². The number of unbranched alkanes of at least 4 members (excludes halogenated alkanes) is 1. The van der Waals surface area contributed by atoms with Gasteiger partial charge in [-0.05, 0) is 32.3 Å². The molecule has 0 rings (SSSR count). The maximum atomic E-state index is 11.4. The van der Waals surface area contributed by atoms with E-state index >= 15 is 0 Å². The van der Waals surface area contributed by atoms with Gasteiger partial charge in [-0.25, -0.2) is 0 Å². The Hall–Kier alpha value is -1.32. The second-order valence-electron chi connectivity index (χ2n) is 4.82. The lowest BCUT2D eigenvalue weighted by Crippen LogP contribution is -2.30. The first-order valence-corrected chi connectivity index (χ1v) is 7.01. The first kappa shape index (κ1) is 17.7. The number of allylic oxidation sites excluding steroid dienone is 1. The van der Waals surface area contributed by atoms with Crippen LogP contribution in [0.2, 0.25) is 0 Å². The number of rotatable bonds is 9. The molecule has 0 N–H and O–H groups in total. The van der Waals surface area contributed by atoms with E-state index in [0.29, 0.717) is 6.61 Å². The van der Waals surface area contributed by atoms with Gasteiger partial charge in [-0.3, -0.25) is 9.59 Å². The third kappa shape index (κ3) is 10.3. The number of nitrogens with zero attached hydrogens (tertiary/aromatic N) is 1. The molecule has 0 saturated heterocycles. The third-order valence-electron chi connectivity index (χ3n) is 2.94. The Kier molecular flexibility index (Phi) is 9.85. The summed E-state index contributed by atoms with van der Waals surface area (Å²) in [6.45, 7) is 9.16. The van der Waals surface area contributed by atoms with E-state index in [1.54, 1.807) is 6.92 Å². The highest BCUT2D eigenvalue weighted by Crippen LogP contribution is 2.06. The molecular weight excluding hydrogens is 242 g/mol. The molecule has 19 heavy (non-hydrogen) atoms. The molecule has 0 aromatic carbocycles. The average Bonchev–Trinajstić information content (AvgIpc) is 2.32. The van der Waals surface area contributed by atoms with Gasteiger partial charge in [0.15, 0.2) is 0 Å². The number of carbonyl (C=O) groups is 2. The van der Waals surface area contributed by atoms with Gasteiger partial charge in [0.2, 0.25) is 5.91 Å². The highest BCUT2D eigenvalue weighted by molar-refractivity contribution is 5.73. The highest BCUT2D eigenvalue weighted by Gasteiger charge is 2.07. The van der Waals surface area contributed by atoms with Crippen molar-refractivity contribution in [2.75, 3.05) is 19.7 Å². The average molecular weight is 269 g/mol. The molecule has 4 nitrogen and oxygen atoms in total. The second-order valence-corrected chi connectivity index (χ2v) is 4.82. The maximum absolute atomic E-state index is 11.4. The van der Waals surface area contributed by atoms with Gasteiger partial charge in [0.25, 0.3) is 0 Å². The molecule has 0 aliphatic carbocycles. The molecule has 0 aliphatic rings. The predicted molar refractivity (Wildman–Crippen MR) is 76.8 cm³/mol. The van der Waals surface area contributed by atoms with E-state index in [1.807, 2.05) is 17.9 Å². The zero-order chi connectivity index (χ0) is 14.7. The number of esters is 1. The zero-order valence-electron chi connectivity index (χ0n) is 12.7.